The molecule has 4 heteroatoms. The average molecular weight is 414 g/mol. The van der Waals surface area contributed by atoms with E-state index in [1.165, 1.54) is 11.6 Å². The molecule has 0 saturated heterocycles. The fourth-order valence-corrected chi connectivity index (χ4v) is 3.64. The lowest BCUT2D eigenvalue weighted by atomic mass is 9.98. The summed E-state index contributed by atoms with van der Waals surface area (Å²) in [6.45, 7) is 2.83. The predicted octanol–water partition coefficient (Wildman–Crippen LogP) is 5.70. The van der Waals surface area contributed by atoms with Gasteiger partial charge in [0, 0.05) is 23.6 Å². The summed E-state index contributed by atoms with van der Waals surface area (Å²) in [5.41, 5.74) is 4.71. The number of pyridine rings is 1. The van der Waals surface area contributed by atoms with Gasteiger partial charge in [-0.05, 0) is 35.7 Å². The van der Waals surface area contributed by atoms with Crippen LogP contribution in [0.25, 0.3) is 11.1 Å². The lowest BCUT2D eigenvalue weighted by Gasteiger charge is -2.08. The highest BCUT2D eigenvalue weighted by molar-refractivity contribution is 5.98. The van der Waals surface area contributed by atoms with E-state index in [0.29, 0.717) is 5.56 Å². The molecule has 0 saturated carbocycles. The van der Waals surface area contributed by atoms with Gasteiger partial charge in [0.25, 0.3) is 0 Å². The number of halogens is 2. The van der Waals surface area contributed by atoms with E-state index in [9.17, 15) is 13.6 Å². The van der Waals surface area contributed by atoms with Gasteiger partial charge in [-0.15, -0.1) is 0 Å². The molecular weight excluding hydrogens is 392 g/mol. The van der Waals surface area contributed by atoms with Gasteiger partial charge >= 0.3 is 0 Å². The maximum atomic E-state index is 13.9. The molecule has 0 atom stereocenters. The summed E-state index contributed by atoms with van der Waals surface area (Å²) >= 11 is 0. The Labute approximate surface area is 180 Å². The molecular formula is C27H22F2NO+. The third-order valence-electron chi connectivity index (χ3n) is 5.31. The van der Waals surface area contributed by atoms with Gasteiger partial charge in [-0.25, -0.2) is 13.3 Å². The molecule has 31 heavy (non-hydrogen) atoms. The van der Waals surface area contributed by atoms with Crippen LogP contribution in [0.3, 0.4) is 0 Å². The quantitative estimate of drug-likeness (QED) is 0.293. The van der Waals surface area contributed by atoms with Crippen molar-refractivity contribution in [2.75, 3.05) is 0 Å². The van der Waals surface area contributed by atoms with E-state index < -0.39 is 23.0 Å². The summed E-state index contributed by atoms with van der Waals surface area (Å²) < 4.78 is 29.9. The topological polar surface area (TPSA) is 20.9 Å². The minimum Gasteiger partial charge on any atom is -0.294 e. The number of hydrogen-bond donors (Lipinski definition) is 0. The number of Topliss-reactive ketones (excluding diaryl/α,β-unsaturated/α-hetero) is 1. The molecule has 4 rings (SSSR count). The first-order valence-electron chi connectivity index (χ1n) is 10.1. The SMILES string of the molecule is Cc1cc[n+](Cc2ccccc2)cc1-c1ccc(CC(=O)c2c(F)cccc2F)cc1. The highest BCUT2D eigenvalue weighted by Gasteiger charge is 2.17. The second-order valence-corrected chi connectivity index (χ2v) is 7.59. The molecule has 0 fully saturated rings. The minimum absolute atomic E-state index is 0.0556. The standard InChI is InChI=1S/C27H22F2NO/c1-19-14-15-30(17-21-6-3-2-4-7-21)18-23(19)22-12-10-20(11-13-22)16-26(31)27-24(28)8-5-9-25(27)29/h2-15,18H,16-17H2,1H3/q+1. The van der Waals surface area contributed by atoms with E-state index in [2.05, 4.69) is 42.1 Å². The van der Waals surface area contributed by atoms with Crippen molar-refractivity contribution >= 4 is 5.78 Å². The Morgan fingerprint density at radius 3 is 2.16 bits per heavy atom. The van der Waals surface area contributed by atoms with E-state index in [1.54, 1.807) is 0 Å². The van der Waals surface area contributed by atoms with Gasteiger partial charge in [0.1, 0.15) is 11.6 Å². The largest absolute Gasteiger partial charge is 0.294 e. The molecule has 0 spiro atoms. The average Bonchev–Trinajstić information content (AvgIpc) is 2.76. The molecule has 3 aromatic carbocycles. The molecule has 0 aliphatic rings. The van der Waals surface area contributed by atoms with Crippen LogP contribution >= 0.6 is 0 Å². The second kappa shape index (κ2) is 9.00. The van der Waals surface area contributed by atoms with Gasteiger partial charge < -0.3 is 0 Å². The van der Waals surface area contributed by atoms with Crippen LogP contribution in [-0.4, -0.2) is 5.78 Å². The Bertz CT molecular complexity index is 1200. The molecule has 4 aromatic rings. The lowest BCUT2D eigenvalue weighted by molar-refractivity contribution is -0.687. The van der Waals surface area contributed by atoms with E-state index in [1.807, 2.05) is 42.5 Å². The number of carbonyl (C=O) groups excluding carboxylic acids is 1. The molecule has 2 nitrogen and oxygen atoms in total. The normalized spacial score (nSPS) is 10.8. The van der Waals surface area contributed by atoms with Crippen molar-refractivity contribution in [1.82, 2.24) is 0 Å². The smallest absolute Gasteiger partial charge is 0.177 e. The maximum Gasteiger partial charge on any atom is 0.177 e. The molecule has 0 aliphatic carbocycles. The number of aromatic nitrogens is 1. The van der Waals surface area contributed by atoms with Crippen molar-refractivity contribution < 1.29 is 18.1 Å². The Morgan fingerprint density at radius 2 is 1.48 bits per heavy atom. The monoisotopic (exact) mass is 414 g/mol. The van der Waals surface area contributed by atoms with Gasteiger partial charge in [0.2, 0.25) is 0 Å². The fourth-order valence-electron chi connectivity index (χ4n) is 3.64. The van der Waals surface area contributed by atoms with Crippen LogP contribution in [0, 0.1) is 18.6 Å². The number of rotatable bonds is 6. The van der Waals surface area contributed by atoms with Gasteiger partial charge in [0.15, 0.2) is 24.7 Å². The summed E-state index contributed by atoms with van der Waals surface area (Å²) in [6.07, 6.45) is 4.11. The van der Waals surface area contributed by atoms with Crippen molar-refractivity contribution in [3.05, 3.63) is 125 Å². The fraction of sp³-hybridized carbons (Fsp3) is 0.111. The zero-order valence-corrected chi connectivity index (χ0v) is 17.2. The first-order valence-corrected chi connectivity index (χ1v) is 10.1. The predicted molar refractivity (Wildman–Crippen MR) is 117 cm³/mol. The van der Waals surface area contributed by atoms with Gasteiger partial charge in [0.05, 0.1) is 5.56 Å². The first kappa shape index (κ1) is 20.6. The zero-order valence-electron chi connectivity index (χ0n) is 17.2. The Kier molecular flexibility index (Phi) is 5.99. The molecule has 154 valence electrons. The number of nitrogens with zero attached hydrogens (tertiary/aromatic N) is 1. The number of carbonyl (C=O) groups is 1. The Hall–Kier alpha value is -3.66. The number of ketones is 1. The van der Waals surface area contributed by atoms with Gasteiger partial charge in [-0.3, -0.25) is 4.79 Å². The van der Waals surface area contributed by atoms with Crippen LogP contribution in [0.15, 0.2) is 91.3 Å². The van der Waals surface area contributed by atoms with Gasteiger partial charge in [-0.1, -0.05) is 60.7 Å². The third-order valence-corrected chi connectivity index (χ3v) is 5.31. The van der Waals surface area contributed by atoms with Crippen molar-refractivity contribution in [2.45, 2.75) is 19.9 Å². The van der Waals surface area contributed by atoms with E-state index in [4.69, 9.17) is 0 Å². The van der Waals surface area contributed by atoms with E-state index in [-0.39, 0.29) is 6.42 Å². The summed E-state index contributed by atoms with van der Waals surface area (Å²) in [4.78, 5) is 12.4. The highest BCUT2D eigenvalue weighted by Crippen LogP contribution is 2.23. The van der Waals surface area contributed by atoms with Crippen LogP contribution in [0.2, 0.25) is 0 Å². The molecule has 1 heterocycles. The highest BCUT2D eigenvalue weighted by atomic mass is 19.1. The Balaban J connectivity index is 1.54. The van der Waals surface area contributed by atoms with E-state index >= 15 is 0 Å². The second-order valence-electron chi connectivity index (χ2n) is 7.59. The number of hydrogen-bond acceptors (Lipinski definition) is 1. The van der Waals surface area contributed by atoms with Crippen LogP contribution in [0.1, 0.15) is 27.0 Å². The van der Waals surface area contributed by atoms with Crippen LogP contribution < -0.4 is 4.57 Å². The molecule has 0 bridgehead atoms. The lowest BCUT2D eigenvalue weighted by Crippen LogP contribution is -2.33. The number of aryl methyl sites for hydroxylation is 1. The molecule has 0 aliphatic heterocycles. The molecule has 0 amide bonds. The van der Waals surface area contributed by atoms with Gasteiger partial charge in [-0.2, -0.15) is 0 Å². The van der Waals surface area contributed by atoms with Crippen LogP contribution in [-0.2, 0) is 13.0 Å². The maximum absolute atomic E-state index is 13.9. The number of benzene rings is 3. The molecule has 0 N–H and O–H groups in total. The first-order chi connectivity index (χ1) is 15.0. The Morgan fingerprint density at radius 1 is 0.806 bits per heavy atom. The van der Waals surface area contributed by atoms with Crippen LogP contribution in [0.5, 0.6) is 0 Å². The molecule has 0 radical (unpaired) electrons. The third kappa shape index (κ3) is 4.75. The minimum atomic E-state index is -0.829. The zero-order chi connectivity index (χ0) is 21.8. The van der Waals surface area contributed by atoms with Crippen molar-refractivity contribution in [1.29, 1.82) is 0 Å². The summed E-state index contributed by atoms with van der Waals surface area (Å²) in [5.74, 6) is -2.23. The molecule has 1 aromatic heterocycles. The summed E-state index contributed by atoms with van der Waals surface area (Å²) in [6, 6.07) is 23.3. The van der Waals surface area contributed by atoms with Crippen molar-refractivity contribution in [2.24, 2.45) is 0 Å². The van der Waals surface area contributed by atoms with E-state index in [0.717, 1.165) is 35.4 Å². The molecule has 0 unspecified atom stereocenters. The van der Waals surface area contributed by atoms with Crippen molar-refractivity contribution in [3.63, 3.8) is 0 Å². The van der Waals surface area contributed by atoms with Crippen LogP contribution in [0.4, 0.5) is 8.78 Å². The summed E-state index contributed by atoms with van der Waals surface area (Å²) in [5, 5.41) is 0. The summed E-state index contributed by atoms with van der Waals surface area (Å²) in [7, 11) is 0. The van der Waals surface area contributed by atoms with Crippen molar-refractivity contribution in [3.8, 4) is 11.1 Å².